The molecule has 0 saturated heterocycles. The molecule has 5 nitrogen and oxygen atoms in total. The van der Waals surface area contributed by atoms with Crippen LogP contribution in [0.1, 0.15) is 5.82 Å². The molecule has 1 aromatic carbocycles. The van der Waals surface area contributed by atoms with Gasteiger partial charge in [-0.15, -0.1) is 0 Å². The summed E-state index contributed by atoms with van der Waals surface area (Å²) in [4.78, 5) is 11.3. The maximum atomic E-state index is 11.3. The zero-order chi connectivity index (χ0) is 11.4. The van der Waals surface area contributed by atoms with E-state index in [0.29, 0.717) is 19.0 Å². The number of aryl methyl sites for hydroxylation is 1. The Bertz CT molecular complexity index is 501. The summed E-state index contributed by atoms with van der Waals surface area (Å²) in [5, 5.41) is 6.20. The van der Waals surface area contributed by atoms with Crippen molar-refractivity contribution in [3.05, 3.63) is 46.6 Å². The van der Waals surface area contributed by atoms with Crippen molar-refractivity contribution in [2.75, 3.05) is 6.61 Å². The fraction of sp³-hybridized carbons (Fsp3) is 0.273. The molecule has 0 aliphatic rings. The van der Waals surface area contributed by atoms with E-state index in [4.69, 9.17) is 4.74 Å². The number of hydrogen-bond donors (Lipinski definition) is 1. The van der Waals surface area contributed by atoms with Crippen LogP contribution in [0.25, 0.3) is 0 Å². The minimum Gasteiger partial charge on any atom is -0.492 e. The zero-order valence-electron chi connectivity index (χ0n) is 9.01. The smallest absolute Gasteiger partial charge is 0.343 e. The van der Waals surface area contributed by atoms with Gasteiger partial charge in [0.2, 0.25) is 0 Å². The van der Waals surface area contributed by atoms with Crippen LogP contribution in [-0.4, -0.2) is 21.4 Å². The van der Waals surface area contributed by atoms with Gasteiger partial charge in [0.05, 0.1) is 6.54 Å². The molecular formula is C11H13N3O2. The molecule has 0 aliphatic carbocycles. The molecule has 2 aromatic rings. The van der Waals surface area contributed by atoms with Gasteiger partial charge in [-0.05, 0) is 19.1 Å². The van der Waals surface area contributed by atoms with Crippen molar-refractivity contribution in [2.45, 2.75) is 13.5 Å². The number of aromatic amines is 1. The van der Waals surface area contributed by atoms with Crippen LogP contribution in [0.2, 0.25) is 0 Å². The number of ether oxygens (including phenoxy) is 1. The van der Waals surface area contributed by atoms with Crippen molar-refractivity contribution in [1.82, 2.24) is 14.8 Å². The highest BCUT2D eigenvalue weighted by atomic mass is 16.5. The average Bonchev–Trinajstić information content (AvgIpc) is 2.62. The number of H-pyrrole nitrogens is 1. The van der Waals surface area contributed by atoms with Crippen molar-refractivity contribution in [1.29, 1.82) is 0 Å². The molecule has 16 heavy (non-hydrogen) atoms. The van der Waals surface area contributed by atoms with E-state index in [1.807, 2.05) is 30.3 Å². The first-order valence-corrected chi connectivity index (χ1v) is 5.07. The summed E-state index contributed by atoms with van der Waals surface area (Å²) in [6.07, 6.45) is 0. The van der Waals surface area contributed by atoms with E-state index in [1.165, 1.54) is 0 Å². The second-order valence-electron chi connectivity index (χ2n) is 3.39. The minimum absolute atomic E-state index is 0.200. The van der Waals surface area contributed by atoms with E-state index in [1.54, 1.807) is 11.5 Å². The number of hydrogen-bond acceptors (Lipinski definition) is 3. The van der Waals surface area contributed by atoms with Crippen molar-refractivity contribution in [3.8, 4) is 5.75 Å². The van der Waals surface area contributed by atoms with Crippen LogP contribution in [0, 0.1) is 6.92 Å². The lowest BCUT2D eigenvalue weighted by atomic mass is 10.3. The number of para-hydroxylation sites is 1. The summed E-state index contributed by atoms with van der Waals surface area (Å²) in [5.41, 5.74) is -0.200. The van der Waals surface area contributed by atoms with Gasteiger partial charge in [-0.1, -0.05) is 18.2 Å². The molecule has 5 heteroatoms. The van der Waals surface area contributed by atoms with Crippen molar-refractivity contribution < 1.29 is 4.74 Å². The predicted molar refractivity (Wildman–Crippen MR) is 59.5 cm³/mol. The van der Waals surface area contributed by atoms with Gasteiger partial charge in [-0.3, -0.25) is 4.57 Å². The van der Waals surface area contributed by atoms with Gasteiger partial charge in [0.15, 0.2) is 0 Å². The van der Waals surface area contributed by atoms with Gasteiger partial charge in [-0.25, -0.2) is 9.89 Å². The Hall–Kier alpha value is -2.04. The van der Waals surface area contributed by atoms with Gasteiger partial charge >= 0.3 is 5.69 Å². The fourth-order valence-electron chi connectivity index (χ4n) is 1.43. The molecule has 2 rings (SSSR count). The van der Waals surface area contributed by atoms with Gasteiger partial charge in [-0.2, -0.15) is 5.10 Å². The molecule has 0 unspecified atom stereocenters. The highest BCUT2D eigenvalue weighted by molar-refractivity contribution is 5.20. The van der Waals surface area contributed by atoms with Crippen LogP contribution < -0.4 is 10.4 Å². The molecule has 0 radical (unpaired) electrons. The molecule has 0 fully saturated rings. The van der Waals surface area contributed by atoms with Gasteiger partial charge < -0.3 is 4.74 Å². The number of aromatic nitrogens is 3. The summed E-state index contributed by atoms with van der Waals surface area (Å²) in [7, 11) is 0. The lowest BCUT2D eigenvalue weighted by Gasteiger charge is -2.06. The van der Waals surface area contributed by atoms with E-state index in [0.717, 1.165) is 5.75 Å². The number of rotatable bonds is 4. The maximum Gasteiger partial charge on any atom is 0.343 e. The minimum atomic E-state index is -0.200. The molecule has 0 amide bonds. The fourth-order valence-corrected chi connectivity index (χ4v) is 1.43. The van der Waals surface area contributed by atoms with E-state index in [9.17, 15) is 4.79 Å². The summed E-state index contributed by atoms with van der Waals surface area (Å²) in [6, 6.07) is 9.50. The molecule has 0 atom stereocenters. The monoisotopic (exact) mass is 219 g/mol. The molecule has 0 saturated carbocycles. The van der Waals surface area contributed by atoms with Crippen molar-refractivity contribution >= 4 is 0 Å². The number of nitrogens with zero attached hydrogens (tertiary/aromatic N) is 2. The van der Waals surface area contributed by atoms with Crippen LogP contribution in [0.4, 0.5) is 0 Å². The largest absolute Gasteiger partial charge is 0.492 e. The Morgan fingerprint density at radius 3 is 2.75 bits per heavy atom. The molecule has 0 aliphatic heterocycles. The zero-order valence-corrected chi connectivity index (χ0v) is 9.01. The van der Waals surface area contributed by atoms with Gasteiger partial charge in [0.25, 0.3) is 0 Å². The molecule has 0 bridgehead atoms. The Kier molecular flexibility index (Phi) is 3.05. The third kappa shape index (κ3) is 2.31. The lowest BCUT2D eigenvalue weighted by Crippen LogP contribution is -2.21. The molecule has 0 spiro atoms. The highest BCUT2D eigenvalue weighted by Crippen LogP contribution is 2.07. The molecule has 1 heterocycles. The van der Waals surface area contributed by atoms with Crippen LogP contribution in [0.15, 0.2) is 35.1 Å². The average molecular weight is 219 g/mol. The third-order valence-electron chi connectivity index (χ3n) is 2.28. The highest BCUT2D eigenvalue weighted by Gasteiger charge is 2.02. The van der Waals surface area contributed by atoms with E-state index in [2.05, 4.69) is 10.2 Å². The van der Waals surface area contributed by atoms with Crippen molar-refractivity contribution in [2.24, 2.45) is 0 Å². The number of nitrogens with one attached hydrogen (secondary N) is 1. The molecular weight excluding hydrogens is 206 g/mol. The summed E-state index contributed by atoms with van der Waals surface area (Å²) < 4.78 is 7.03. The Labute approximate surface area is 92.7 Å². The Morgan fingerprint density at radius 1 is 1.38 bits per heavy atom. The normalized spacial score (nSPS) is 10.3. The van der Waals surface area contributed by atoms with Crippen LogP contribution in [-0.2, 0) is 6.54 Å². The van der Waals surface area contributed by atoms with Crippen LogP contribution in [0.5, 0.6) is 5.75 Å². The van der Waals surface area contributed by atoms with Gasteiger partial charge in [0, 0.05) is 0 Å². The standard InChI is InChI=1S/C11H13N3O2/c1-9-12-13-11(15)14(9)7-8-16-10-5-3-2-4-6-10/h2-6H,7-8H2,1H3,(H,13,15). The van der Waals surface area contributed by atoms with E-state index < -0.39 is 0 Å². The number of benzene rings is 1. The van der Waals surface area contributed by atoms with E-state index in [-0.39, 0.29) is 5.69 Å². The quantitative estimate of drug-likeness (QED) is 0.833. The second-order valence-corrected chi connectivity index (χ2v) is 3.39. The summed E-state index contributed by atoms with van der Waals surface area (Å²) >= 11 is 0. The Balaban J connectivity index is 1.92. The summed E-state index contributed by atoms with van der Waals surface area (Å²) in [6.45, 7) is 2.72. The Morgan fingerprint density at radius 2 is 2.12 bits per heavy atom. The van der Waals surface area contributed by atoms with Crippen molar-refractivity contribution in [3.63, 3.8) is 0 Å². The summed E-state index contributed by atoms with van der Waals surface area (Å²) in [5.74, 6) is 1.47. The lowest BCUT2D eigenvalue weighted by molar-refractivity contribution is 0.295. The van der Waals surface area contributed by atoms with Crippen LogP contribution >= 0.6 is 0 Å². The first-order chi connectivity index (χ1) is 7.77. The molecule has 1 N–H and O–H groups in total. The third-order valence-corrected chi connectivity index (χ3v) is 2.28. The molecule has 1 aromatic heterocycles. The molecule has 84 valence electrons. The predicted octanol–water partition coefficient (Wildman–Crippen LogP) is 0.959. The second kappa shape index (κ2) is 4.65. The SMILES string of the molecule is Cc1n[nH]c(=O)n1CCOc1ccccc1. The van der Waals surface area contributed by atoms with Gasteiger partial charge in [0.1, 0.15) is 18.2 Å². The topological polar surface area (TPSA) is 59.9 Å². The first-order valence-electron chi connectivity index (χ1n) is 5.07. The van der Waals surface area contributed by atoms with Crippen LogP contribution in [0.3, 0.4) is 0 Å². The van der Waals surface area contributed by atoms with E-state index >= 15 is 0 Å². The first kappa shape index (κ1) is 10.5. The maximum absolute atomic E-state index is 11.3.